The summed E-state index contributed by atoms with van der Waals surface area (Å²) in [6.45, 7) is 1.14. The number of benzene rings is 1. The number of hydrogen-bond acceptors (Lipinski definition) is 3. The van der Waals surface area contributed by atoms with E-state index in [1.54, 1.807) is 0 Å². The molecule has 0 radical (unpaired) electrons. The Morgan fingerprint density at radius 1 is 1.17 bits per heavy atom. The van der Waals surface area contributed by atoms with Crippen molar-refractivity contribution in [2.24, 2.45) is 0 Å². The van der Waals surface area contributed by atoms with Crippen LogP contribution in [-0.2, 0) is 20.5 Å². The van der Waals surface area contributed by atoms with Gasteiger partial charge >= 0.3 is 12.1 Å². The third-order valence-corrected chi connectivity index (χ3v) is 3.74. The van der Waals surface area contributed by atoms with Crippen LogP contribution >= 0.6 is 0 Å². The van der Waals surface area contributed by atoms with E-state index in [4.69, 9.17) is 4.74 Å². The molecule has 0 heterocycles. The third kappa shape index (κ3) is 4.43. The molecule has 1 aliphatic rings. The zero-order valence-electron chi connectivity index (χ0n) is 12.7. The fraction of sp³-hybridized carbons (Fsp3) is 0.412. The van der Waals surface area contributed by atoms with Gasteiger partial charge in [-0.05, 0) is 50.3 Å². The van der Waals surface area contributed by atoms with Crippen LogP contribution in [0.25, 0.3) is 6.08 Å². The number of ketones is 1. The van der Waals surface area contributed by atoms with E-state index in [1.807, 2.05) is 0 Å². The van der Waals surface area contributed by atoms with Crippen LogP contribution < -0.4 is 0 Å². The highest BCUT2D eigenvalue weighted by atomic mass is 19.4. The maximum atomic E-state index is 13.0. The van der Waals surface area contributed by atoms with E-state index >= 15 is 0 Å². The van der Waals surface area contributed by atoms with Crippen molar-refractivity contribution in [3.05, 3.63) is 41.0 Å². The molecule has 0 unspecified atom stereocenters. The maximum Gasteiger partial charge on any atom is 0.416 e. The first-order valence-electron chi connectivity index (χ1n) is 7.39. The molecule has 3 nitrogen and oxygen atoms in total. The lowest BCUT2D eigenvalue weighted by molar-refractivity contribution is -0.145. The summed E-state index contributed by atoms with van der Waals surface area (Å²) in [6.07, 6.45) is -0.552. The number of carbonyl (C=O) groups excluding carboxylic acids is 2. The van der Waals surface area contributed by atoms with Crippen LogP contribution in [-0.4, -0.2) is 17.9 Å². The van der Waals surface area contributed by atoms with Crippen LogP contribution in [0.15, 0.2) is 29.8 Å². The quantitative estimate of drug-likeness (QED) is 0.361. The van der Waals surface area contributed by atoms with Crippen LogP contribution in [0.1, 0.15) is 43.7 Å². The number of esters is 1. The van der Waals surface area contributed by atoms with Gasteiger partial charge in [0.25, 0.3) is 0 Å². The highest BCUT2D eigenvalue weighted by Gasteiger charge is 2.33. The van der Waals surface area contributed by atoms with E-state index in [2.05, 4.69) is 0 Å². The van der Waals surface area contributed by atoms with Crippen LogP contribution in [0.5, 0.6) is 0 Å². The third-order valence-electron chi connectivity index (χ3n) is 3.74. The van der Waals surface area contributed by atoms with E-state index in [0.717, 1.165) is 44.7 Å². The Labute approximate surface area is 132 Å². The molecular weight excluding hydrogens is 309 g/mol. The predicted molar refractivity (Wildman–Crippen MR) is 78.5 cm³/mol. The van der Waals surface area contributed by atoms with E-state index < -0.39 is 23.5 Å². The minimum Gasteiger partial charge on any atom is -0.459 e. The lowest BCUT2D eigenvalue weighted by Gasteiger charge is -2.13. The van der Waals surface area contributed by atoms with Gasteiger partial charge in [0.1, 0.15) is 11.7 Å². The standard InChI is InChI=1S/C17H17F3O3/c1-11(21)14(16(22)23-13-7-3-4-8-13)10-12-6-2-5-9-15(12)17(18,19)20/h2,5-6,9-10,13H,3-4,7-8H2,1H3. The second-order valence-electron chi connectivity index (χ2n) is 5.51. The van der Waals surface area contributed by atoms with Crippen LogP contribution in [0.2, 0.25) is 0 Å². The molecule has 0 atom stereocenters. The van der Waals surface area contributed by atoms with Crippen molar-refractivity contribution in [3.63, 3.8) is 0 Å². The van der Waals surface area contributed by atoms with Crippen molar-refractivity contribution in [1.29, 1.82) is 0 Å². The lowest BCUT2D eigenvalue weighted by atomic mass is 10.0. The van der Waals surface area contributed by atoms with Crippen LogP contribution in [0.3, 0.4) is 0 Å². The Hall–Kier alpha value is -2.11. The minimum atomic E-state index is -4.57. The molecule has 1 saturated carbocycles. The molecule has 0 saturated heterocycles. The minimum absolute atomic E-state index is 0.228. The molecule has 2 rings (SSSR count). The van der Waals surface area contributed by atoms with Crippen LogP contribution in [0, 0.1) is 0 Å². The molecule has 6 heteroatoms. The largest absolute Gasteiger partial charge is 0.459 e. The predicted octanol–water partition coefficient (Wildman–Crippen LogP) is 4.16. The molecule has 124 valence electrons. The molecule has 23 heavy (non-hydrogen) atoms. The number of alkyl halides is 3. The van der Waals surface area contributed by atoms with Crippen molar-refractivity contribution in [3.8, 4) is 0 Å². The summed E-state index contributed by atoms with van der Waals surface area (Å²) in [6, 6.07) is 4.80. The number of halogens is 3. The van der Waals surface area contributed by atoms with E-state index in [-0.39, 0.29) is 17.2 Å². The summed E-state index contributed by atoms with van der Waals surface area (Å²) in [5.74, 6) is -1.48. The molecule has 0 aromatic heterocycles. The SMILES string of the molecule is CC(=O)C(=Cc1ccccc1C(F)(F)F)C(=O)OC1CCCC1. The van der Waals surface area contributed by atoms with Crippen molar-refractivity contribution >= 4 is 17.8 Å². The van der Waals surface area contributed by atoms with Gasteiger partial charge in [0.15, 0.2) is 5.78 Å². The van der Waals surface area contributed by atoms with E-state index in [0.29, 0.717) is 0 Å². The van der Waals surface area contributed by atoms with Crippen LogP contribution in [0.4, 0.5) is 13.2 Å². The van der Waals surface area contributed by atoms with Gasteiger partial charge in [0.05, 0.1) is 5.56 Å². The summed E-state index contributed by atoms with van der Waals surface area (Å²) in [4.78, 5) is 23.8. The van der Waals surface area contributed by atoms with Gasteiger partial charge in [0.2, 0.25) is 0 Å². The Balaban J connectivity index is 2.32. The lowest BCUT2D eigenvalue weighted by Crippen LogP contribution is -2.20. The van der Waals surface area contributed by atoms with E-state index in [9.17, 15) is 22.8 Å². The zero-order valence-corrected chi connectivity index (χ0v) is 12.7. The summed E-state index contributed by atoms with van der Waals surface area (Å²) in [5, 5.41) is 0. The molecule has 0 amide bonds. The maximum absolute atomic E-state index is 13.0. The second-order valence-corrected chi connectivity index (χ2v) is 5.51. The van der Waals surface area contributed by atoms with Crippen molar-refractivity contribution in [2.75, 3.05) is 0 Å². The van der Waals surface area contributed by atoms with Gasteiger partial charge in [-0.1, -0.05) is 18.2 Å². The summed E-state index contributed by atoms with van der Waals surface area (Å²) in [5.41, 5.74) is -1.49. The number of hydrogen-bond donors (Lipinski definition) is 0. The smallest absolute Gasteiger partial charge is 0.416 e. The number of carbonyl (C=O) groups is 2. The Morgan fingerprint density at radius 3 is 2.35 bits per heavy atom. The van der Waals surface area contributed by atoms with Gasteiger partial charge in [-0.3, -0.25) is 4.79 Å². The topological polar surface area (TPSA) is 43.4 Å². The molecule has 0 bridgehead atoms. The highest BCUT2D eigenvalue weighted by molar-refractivity contribution is 6.19. The first kappa shape index (κ1) is 17.2. The zero-order chi connectivity index (χ0) is 17.0. The van der Waals surface area contributed by atoms with Crippen molar-refractivity contribution < 1.29 is 27.5 Å². The first-order valence-corrected chi connectivity index (χ1v) is 7.39. The summed E-state index contributed by atoms with van der Waals surface area (Å²) >= 11 is 0. The fourth-order valence-corrected chi connectivity index (χ4v) is 2.56. The Bertz CT molecular complexity index is 626. The highest BCUT2D eigenvalue weighted by Crippen LogP contribution is 2.33. The number of rotatable bonds is 4. The monoisotopic (exact) mass is 326 g/mol. The van der Waals surface area contributed by atoms with Crippen molar-refractivity contribution in [2.45, 2.75) is 44.9 Å². The molecule has 0 spiro atoms. The molecular formula is C17H17F3O3. The van der Waals surface area contributed by atoms with Crippen molar-refractivity contribution in [1.82, 2.24) is 0 Å². The average molecular weight is 326 g/mol. The molecule has 1 aliphatic carbocycles. The first-order chi connectivity index (χ1) is 10.8. The van der Waals surface area contributed by atoms with Gasteiger partial charge in [0, 0.05) is 0 Å². The van der Waals surface area contributed by atoms with Gasteiger partial charge in [-0.25, -0.2) is 4.79 Å². The second kappa shape index (κ2) is 6.98. The molecule has 0 aliphatic heterocycles. The molecule has 1 aromatic rings. The normalized spacial score (nSPS) is 16.4. The molecule has 0 N–H and O–H groups in total. The number of Topliss-reactive ketones (excluding diaryl/α,β-unsaturated/α-hetero) is 1. The number of ether oxygens (including phenoxy) is 1. The molecule has 1 aromatic carbocycles. The van der Waals surface area contributed by atoms with Gasteiger partial charge in [-0.2, -0.15) is 13.2 Å². The molecule has 1 fully saturated rings. The summed E-state index contributed by atoms with van der Waals surface area (Å²) in [7, 11) is 0. The fourth-order valence-electron chi connectivity index (χ4n) is 2.56. The Morgan fingerprint density at radius 2 is 1.78 bits per heavy atom. The summed E-state index contributed by atoms with van der Waals surface area (Å²) < 4.78 is 44.2. The van der Waals surface area contributed by atoms with Gasteiger partial charge < -0.3 is 4.74 Å². The Kier molecular flexibility index (Phi) is 5.23. The van der Waals surface area contributed by atoms with Gasteiger partial charge in [-0.15, -0.1) is 0 Å². The van der Waals surface area contributed by atoms with E-state index in [1.165, 1.54) is 18.2 Å². The average Bonchev–Trinajstić information content (AvgIpc) is 2.96.